The first kappa shape index (κ1) is 18.5. The number of rotatable bonds is 5. The Morgan fingerprint density at radius 1 is 1.13 bits per heavy atom. The Morgan fingerprint density at radius 3 is 2.63 bits per heavy atom. The second kappa shape index (κ2) is 7.36. The van der Waals surface area contributed by atoms with E-state index in [-0.39, 0.29) is 5.95 Å². The second-order valence-electron chi connectivity index (χ2n) is 7.48. The molecule has 1 aliphatic heterocycles. The van der Waals surface area contributed by atoms with E-state index in [2.05, 4.69) is 42.7 Å². The van der Waals surface area contributed by atoms with Gasteiger partial charge in [0, 0.05) is 19.1 Å². The molecule has 0 amide bonds. The number of fused-ring (bicyclic) bond motifs is 1. The minimum absolute atomic E-state index is 0.268. The van der Waals surface area contributed by atoms with Crippen molar-refractivity contribution >= 4 is 40.4 Å². The number of halogens is 1. The molecule has 0 unspecified atom stereocenters. The molecule has 3 aromatic rings. The third-order valence-corrected chi connectivity index (χ3v) is 5.67. The van der Waals surface area contributed by atoms with Crippen molar-refractivity contribution in [1.29, 1.82) is 10.5 Å². The number of nitrogens with one attached hydrogen (secondary N) is 2. The Morgan fingerprint density at radius 2 is 1.93 bits per heavy atom. The molecule has 0 bridgehead atoms. The average Bonchev–Trinajstić information content (AvgIpc) is 3.24. The van der Waals surface area contributed by atoms with Crippen LogP contribution < -0.4 is 15.5 Å². The van der Waals surface area contributed by atoms with Gasteiger partial charge in [0.25, 0.3) is 0 Å². The largest absolute Gasteiger partial charge is 0.370 e. The van der Waals surface area contributed by atoms with Crippen molar-refractivity contribution in [3.8, 4) is 12.1 Å². The summed E-state index contributed by atoms with van der Waals surface area (Å²) in [6.45, 7) is 1.82. The van der Waals surface area contributed by atoms with Gasteiger partial charge in [-0.1, -0.05) is 11.6 Å². The molecule has 2 aromatic heterocycles. The first-order valence-electron chi connectivity index (χ1n) is 9.84. The zero-order valence-corrected chi connectivity index (χ0v) is 16.8. The molecule has 2 N–H and O–H groups in total. The Hall–Kier alpha value is -3.56. The van der Waals surface area contributed by atoms with E-state index in [9.17, 15) is 10.5 Å². The number of nitriles is 2. The zero-order chi connectivity index (χ0) is 20.7. The maximum absolute atomic E-state index is 9.49. The van der Waals surface area contributed by atoms with Gasteiger partial charge in [-0.25, -0.2) is 4.98 Å². The van der Waals surface area contributed by atoms with Gasteiger partial charge < -0.3 is 15.5 Å². The van der Waals surface area contributed by atoms with E-state index < -0.39 is 0 Å². The van der Waals surface area contributed by atoms with Crippen molar-refractivity contribution in [3.63, 3.8) is 0 Å². The van der Waals surface area contributed by atoms with E-state index in [1.165, 1.54) is 10.7 Å². The third-order valence-electron chi connectivity index (χ3n) is 5.27. The van der Waals surface area contributed by atoms with Gasteiger partial charge >= 0.3 is 0 Å². The fourth-order valence-electron chi connectivity index (χ4n) is 3.60. The van der Waals surface area contributed by atoms with Crippen molar-refractivity contribution < 1.29 is 0 Å². The quantitative estimate of drug-likeness (QED) is 0.645. The molecular weight excluding hydrogens is 402 g/mol. The normalized spacial score (nSPS) is 15.8. The Labute approximate surface area is 177 Å². The van der Waals surface area contributed by atoms with Crippen LogP contribution in [0.25, 0.3) is 5.65 Å². The van der Waals surface area contributed by atoms with Crippen molar-refractivity contribution in [2.75, 3.05) is 28.6 Å². The molecule has 1 aromatic carbocycles. The topological polar surface area (TPSA) is 118 Å². The highest BCUT2D eigenvalue weighted by Crippen LogP contribution is 2.37. The summed E-state index contributed by atoms with van der Waals surface area (Å²) in [6.07, 6.45) is 5.81. The molecule has 1 aliphatic carbocycles. The summed E-state index contributed by atoms with van der Waals surface area (Å²) in [5.74, 6) is 0.827. The number of aromatic nitrogens is 4. The Balaban J connectivity index is 1.57. The van der Waals surface area contributed by atoms with Crippen LogP contribution in [0.4, 0.5) is 23.1 Å². The minimum atomic E-state index is 0.268. The van der Waals surface area contributed by atoms with Crippen LogP contribution in [0.5, 0.6) is 0 Å². The molecule has 0 spiro atoms. The highest BCUT2D eigenvalue weighted by atomic mass is 35.5. The third kappa shape index (κ3) is 3.34. The van der Waals surface area contributed by atoms with Gasteiger partial charge in [0.05, 0.1) is 34.2 Å². The summed E-state index contributed by atoms with van der Waals surface area (Å²) in [7, 11) is 0. The van der Waals surface area contributed by atoms with Gasteiger partial charge in [-0.2, -0.15) is 20.0 Å². The Bertz CT molecular complexity index is 1210. The molecule has 9 nitrogen and oxygen atoms in total. The first-order valence-corrected chi connectivity index (χ1v) is 10.2. The van der Waals surface area contributed by atoms with Crippen molar-refractivity contribution in [3.05, 3.63) is 34.6 Å². The van der Waals surface area contributed by atoms with Crippen LogP contribution in [-0.4, -0.2) is 38.7 Å². The predicted octanol–water partition coefficient (Wildman–Crippen LogP) is 3.44. The van der Waals surface area contributed by atoms with Crippen molar-refractivity contribution in [2.45, 2.75) is 31.7 Å². The second-order valence-corrected chi connectivity index (χ2v) is 7.86. The van der Waals surface area contributed by atoms with Crippen LogP contribution in [0.15, 0.2) is 18.3 Å². The SMILES string of the molecule is N#Cc1cc(Nc2nc(NC3CC3)c3ncc(C#N)n3n2)c(Cl)c(N2CCCC2)c1. The molecule has 1 saturated heterocycles. The summed E-state index contributed by atoms with van der Waals surface area (Å²) in [5.41, 5.74) is 2.69. The summed E-state index contributed by atoms with van der Waals surface area (Å²) < 4.78 is 1.46. The van der Waals surface area contributed by atoms with E-state index in [0.29, 0.717) is 39.5 Å². The first-order chi connectivity index (χ1) is 14.7. The standard InChI is InChI=1S/C20H18ClN9/c21-17-15(7-12(9-22)8-16(17)29-5-1-2-6-29)26-20-27-18(25-13-3-4-13)19-24-11-14(10-23)30(19)28-20/h7-8,11,13H,1-6H2,(H2,25,26,27,28). The summed E-state index contributed by atoms with van der Waals surface area (Å²) >= 11 is 6.70. The van der Waals surface area contributed by atoms with Crippen LogP contribution >= 0.6 is 11.6 Å². The minimum Gasteiger partial charge on any atom is -0.370 e. The molecule has 5 rings (SSSR count). The predicted molar refractivity (Wildman–Crippen MR) is 113 cm³/mol. The fraction of sp³-hybridized carbons (Fsp3) is 0.350. The molecule has 30 heavy (non-hydrogen) atoms. The highest BCUT2D eigenvalue weighted by Gasteiger charge is 2.25. The number of hydrogen-bond donors (Lipinski definition) is 2. The number of nitrogens with zero attached hydrogens (tertiary/aromatic N) is 7. The van der Waals surface area contributed by atoms with Gasteiger partial charge in [0.15, 0.2) is 17.2 Å². The van der Waals surface area contributed by atoms with Crippen LogP contribution in [0.1, 0.15) is 36.9 Å². The van der Waals surface area contributed by atoms with E-state index in [4.69, 9.17) is 11.6 Å². The number of benzene rings is 1. The van der Waals surface area contributed by atoms with Crippen LogP contribution in [0.3, 0.4) is 0 Å². The van der Waals surface area contributed by atoms with Gasteiger partial charge in [-0.15, -0.1) is 5.10 Å². The van der Waals surface area contributed by atoms with E-state index >= 15 is 0 Å². The van der Waals surface area contributed by atoms with Crippen LogP contribution in [0.2, 0.25) is 5.02 Å². The van der Waals surface area contributed by atoms with Crippen molar-refractivity contribution in [2.24, 2.45) is 0 Å². The maximum atomic E-state index is 9.49. The highest BCUT2D eigenvalue weighted by molar-refractivity contribution is 6.36. The molecule has 10 heteroatoms. The number of anilines is 4. The smallest absolute Gasteiger partial charge is 0.247 e. The van der Waals surface area contributed by atoms with Crippen molar-refractivity contribution in [1.82, 2.24) is 19.6 Å². The van der Waals surface area contributed by atoms with Gasteiger partial charge in [-0.3, -0.25) is 0 Å². The lowest BCUT2D eigenvalue weighted by Crippen LogP contribution is -2.18. The molecular formula is C20H18ClN9. The Kier molecular flexibility index (Phi) is 4.53. The van der Waals surface area contributed by atoms with Gasteiger partial charge in [0.1, 0.15) is 6.07 Å². The monoisotopic (exact) mass is 419 g/mol. The summed E-state index contributed by atoms with van der Waals surface area (Å²) in [4.78, 5) is 11.0. The molecule has 2 aliphatic rings. The lowest BCUT2D eigenvalue weighted by molar-refractivity contribution is 0.891. The molecule has 150 valence electrons. The number of hydrogen-bond acceptors (Lipinski definition) is 8. The zero-order valence-electron chi connectivity index (χ0n) is 16.1. The molecule has 0 radical (unpaired) electrons. The lowest BCUT2D eigenvalue weighted by atomic mass is 10.1. The molecule has 3 heterocycles. The lowest BCUT2D eigenvalue weighted by Gasteiger charge is -2.21. The summed E-state index contributed by atoms with van der Waals surface area (Å²) in [5, 5.41) is 30.3. The fourth-order valence-corrected chi connectivity index (χ4v) is 3.88. The van der Waals surface area contributed by atoms with E-state index in [0.717, 1.165) is 44.5 Å². The average molecular weight is 420 g/mol. The molecule has 1 saturated carbocycles. The molecule has 0 atom stereocenters. The van der Waals surface area contributed by atoms with E-state index in [1.807, 2.05) is 6.07 Å². The van der Waals surface area contributed by atoms with E-state index in [1.54, 1.807) is 6.07 Å². The number of imidazole rings is 1. The van der Waals surface area contributed by atoms with Crippen LogP contribution in [-0.2, 0) is 0 Å². The maximum Gasteiger partial charge on any atom is 0.247 e. The summed E-state index contributed by atoms with van der Waals surface area (Å²) in [6, 6.07) is 8.14. The molecule has 2 fully saturated rings. The van der Waals surface area contributed by atoms with Gasteiger partial charge in [-0.05, 0) is 37.8 Å². The van der Waals surface area contributed by atoms with Gasteiger partial charge in [0.2, 0.25) is 5.95 Å². The van der Waals surface area contributed by atoms with Crippen LogP contribution in [0, 0.1) is 22.7 Å².